The molecule has 1 atom stereocenters. The average molecular weight is 260 g/mol. The average Bonchev–Trinajstić information content (AvgIpc) is 3.21. The smallest absolute Gasteiger partial charge is 0.112 e. The number of likely N-dealkylation sites (N-methyl/N-ethyl adjacent to an activating group) is 1. The molecule has 1 N–H and O–H groups in total. The van der Waals surface area contributed by atoms with Crippen LogP contribution in [-0.2, 0) is 13.0 Å². The first-order chi connectivity index (χ1) is 9.34. The van der Waals surface area contributed by atoms with Gasteiger partial charge in [0.15, 0.2) is 0 Å². The van der Waals surface area contributed by atoms with Crippen LogP contribution in [0.5, 0.6) is 0 Å². The number of aromatic nitrogens is 2. The van der Waals surface area contributed by atoms with E-state index < -0.39 is 0 Å². The molecular weight excluding hydrogens is 236 g/mol. The highest BCUT2D eigenvalue weighted by Crippen LogP contribution is 2.42. The van der Waals surface area contributed by atoms with Crippen molar-refractivity contribution in [3.8, 4) is 0 Å². The van der Waals surface area contributed by atoms with Gasteiger partial charge in [0.1, 0.15) is 5.82 Å². The van der Waals surface area contributed by atoms with Crippen LogP contribution in [0.4, 0.5) is 0 Å². The van der Waals surface area contributed by atoms with E-state index in [-0.39, 0.29) is 0 Å². The number of hydrogen-bond acceptors (Lipinski definition) is 3. The summed E-state index contributed by atoms with van der Waals surface area (Å²) in [5.74, 6) is 2.18. The molecule has 19 heavy (non-hydrogen) atoms. The van der Waals surface area contributed by atoms with Crippen molar-refractivity contribution in [1.82, 2.24) is 19.8 Å². The molecule has 1 saturated heterocycles. The molecule has 0 spiro atoms. The first-order valence-electron chi connectivity index (χ1n) is 7.85. The summed E-state index contributed by atoms with van der Waals surface area (Å²) in [5.41, 5.74) is 2.94. The highest BCUT2D eigenvalue weighted by atomic mass is 15.2. The number of rotatable bonds is 2. The largest absolute Gasteiger partial charge is 0.331 e. The molecule has 2 fully saturated rings. The molecule has 0 aromatic carbocycles. The van der Waals surface area contributed by atoms with Gasteiger partial charge in [-0.15, -0.1) is 0 Å². The molecule has 4 nitrogen and oxygen atoms in total. The second-order valence-electron chi connectivity index (χ2n) is 6.39. The Morgan fingerprint density at radius 1 is 1.21 bits per heavy atom. The highest BCUT2D eigenvalue weighted by molar-refractivity contribution is 5.26. The number of fused-ring (bicyclic) bond motifs is 1. The second-order valence-corrected chi connectivity index (χ2v) is 6.39. The molecular formula is C15H24N4. The van der Waals surface area contributed by atoms with Crippen molar-refractivity contribution in [2.75, 3.05) is 26.7 Å². The van der Waals surface area contributed by atoms with Gasteiger partial charge in [-0.1, -0.05) is 0 Å². The van der Waals surface area contributed by atoms with Gasteiger partial charge in [0.2, 0.25) is 0 Å². The third kappa shape index (κ3) is 2.01. The normalized spacial score (nSPS) is 28.4. The van der Waals surface area contributed by atoms with Crippen LogP contribution in [-0.4, -0.2) is 41.1 Å². The van der Waals surface area contributed by atoms with Crippen LogP contribution >= 0.6 is 0 Å². The fourth-order valence-electron chi connectivity index (χ4n) is 3.63. The van der Waals surface area contributed by atoms with E-state index in [9.17, 15) is 0 Å². The lowest BCUT2D eigenvalue weighted by Gasteiger charge is -2.33. The van der Waals surface area contributed by atoms with Gasteiger partial charge in [0, 0.05) is 37.8 Å². The van der Waals surface area contributed by atoms with E-state index >= 15 is 0 Å². The number of piperazine rings is 1. The standard InChI is InChI=1S/C15H24N4/c1-18-9-7-16-10-13(18)14-12-4-2-3-8-19(12)15(17-14)11-5-6-11/h11,13,16H,2-10H2,1H3. The van der Waals surface area contributed by atoms with E-state index in [2.05, 4.69) is 21.8 Å². The van der Waals surface area contributed by atoms with Crippen molar-refractivity contribution >= 4 is 0 Å². The minimum absolute atomic E-state index is 0.487. The topological polar surface area (TPSA) is 33.1 Å². The maximum atomic E-state index is 5.11. The van der Waals surface area contributed by atoms with E-state index in [1.54, 1.807) is 5.69 Å². The van der Waals surface area contributed by atoms with Gasteiger partial charge in [-0.05, 0) is 39.2 Å². The Bertz CT molecular complexity index is 475. The van der Waals surface area contributed by atoms with Gasteiger partial charge in [-0.3, -0.25) is 4.90 Å². The van der Waals surface area contributed by atoms with Crippen LogP contribution in [0.1, 0.15) is 54.9 Å². The Hall–Kier alpha value is -0.870. The molecule has 1 aromatic rings. The Morgan fingerprint density at radius 3 is 2.89 bits per heavy atom. The Morgan fingerprint density at radius 2 is 2.11 bits per heavy atom. The van der Waals surface area contributed by atoms with Crippen molar-refractivity contribution in [3.63, 3.8) is 0 Å². The van der Waals surface area contributed by atoms with Crippen molar-refractivity contribution in [2.45, 2.75) is 50.6 Å². The summed E-state index contributed by atoms with van der Waals surface area (Å²) in [6.45, 7) is 4.51. The third-order valence-electron chi connectivity index (χ3n) is 4.95. The number of nitrogens with one attached hydrogen (secondary N) is 1. The lowest BCUT2D eigenvalue weighted by atomic mass is 10.0. The molecule has 1 aromatic heterocycles. The minimum Gasteiger partial charge on any atom is -0.331 e. The van der Waals surface area contributed by atoms with Crippen LogP contribution < -0.4 is 5.32 Å². The van der Waals surface area contributed by atoms with Crippen LogP contribution in [0.3, 0.4) is 0 Å². The van der Waals surface area contributed by atoms with Gasteiger partial charge in [-0.2, -0.15) is 0 Å². The molecule has 2 aliphatic heterocycles. The zero-order chi connectivity index (χ0) is 12.8. The van der Waals surface area contributed by atoms with E-state index in [0.717, 1.165) is 25.6 Å². The summed E-state index contributed by atoms with van der Waals surface area (Å²) in [7, 11) is 2.25. The van der Waals surface area contributed by atoms with E-state index in [1.807, 2.05) is 0 Å². The monoisotopic (exact) mass is 260 g/mol. The van der Waals surface area contributed by atoms with Crippen molar-refractivity contribution < 1.29 is 0 Å². The summed E-state index contributed by atoms with van der Waals surface area (Å²) in [4.78, 5) is 7.59. The van der Waals surface area contributed by atoms with Gasteiger partial charge >= 0.3 is 0 Å². The quantitative estimate of drug-likeness (QED) is 0.878. The Labute approximate surface area is 115 Å². The number of nitrogens with zero attached hydrogens (tertiary/aromatic N) is 3. The minimum atomic E-state index is 0.487. The maximum Gasteiger partial charge on any atom is 0.112 e. The fraction of sp³-hybridized carbons (Fsp3) is 0.800. The maximum absolute atomic E-state index is 5.11. The summed E-state index contributed by atoms with van der Waals surface area (Å²) in [6, 6.07) is 0.487. The summed E-state index contributed by atoms with van der Waals surface area (Å²) in [6.07, 6.45) is 6.62. The van der Waals surface area contributed by atoms with Crippen molar-refractivity contribution in [3.05, 3.63) is 17.2 Å². The molecule has 104 valence electrons. The lowest BCUT2D eigenvalue weighted by Crippen LogP contribution is -2.44. The Kier molecular flexibility index (Phi) is 2.88. The summed E-state index contributed by atoms with van der Waals surface area (Å²) >= 11 is 0. The molecule has 4 heteroatoms. The van der Waals surface area contributed by atoms with Crippen LogP contribution in [0.15, 0.2) is 0 Å². The molecule has 1 aliphatic carbocycles. The molecule has 3 aliphatic rings. The van der Waals surface area contributed by atoms with Gasteiger partial charge in [-0.25, -0.2) is 4.98 Å². The molecule has 0 amide bonds. The summed E-state index contributed by atoms with van der Waals surface area (Å²) < 4.78 is 2.57. The van der Waals surface area contributed by atoms with Crippen LogP contribution in [0.2, 0.25) is 0 Å². The van der Waals surface area contributed by atoms with Gasteiger partial charge in [0.25, 0.3) is 0 Å². The van der Waals surface area contributed by atoms with Crippen molar-refractivity contribution in [2.24, 2.45) is 0 Å². The zero-order valence-electron chi connectivity index (χ0n) is 11.9. The fourth-order valence-corrected chi connectivity index (χ4v) is 3.63. The molecule has 4 rings (SSSR count). The molecule has 0 bridgehead atoms. The first-order valence-corrected chi connectivity index (χ1v) is 7.85. The molecule has 0 radical (unpaired) electrons. The molecule has 3 heterocycles. The lowest BCUT2D eigenvalue weighted by molar-refractivity contribution is 0.197. The first kappa shape index (κ1) is 11.9. The highest BCUT2D eigenvalue weighted by Gasteiger charge is 2.35. The molecule has 1 saturated carbocycles. The predicted octanol–water partition coefficient (Wildman–Crippen LogP) is 1.67. The van der Waals surface area contributed by atoms with Gasteiger partial charge in [0.05, 0.1) is 11.7 Å². The Balaban J connectivity index is 1.74. The van der Waals surface area contributed by atoms with Crippen LogP contribution in [0, 0.1) is 0 Å². The van der Waals surface area contributed by atoms with Crippen LogP contribution in [0.25, 0.3) is 0 Å². The SMILES string of the molecule is CN1CCNCC1c1nc(C2CC2)n2c1CCCC2. The molecule has 1 unspecified atom stereocenters. The van der Waals surface area contributed by atoms with Gasteiger partial charge < -0.3 is 9.88 Å². The van der Waals surface area contributed by atoms with E-state index in [0.29, 0.717) is 6.04 Å². The third-order valence-corrected chi connectivity index (χ3v) is 4.95. The predicted molar refractivity (Wildman–Crippen MR) is 75.4 cm³/mol. The second kappa shape index (κ2) is 4.60. The van der Waals surface area contributed by atoms with E-state index in [4.69, 9.17) is 4.98 Å². The zero-order valence-corrected chi connectivity index (χ0v) is 11.9. The van der Waals surface area contributed by atoms with E-state index in [1.165, 1.54) is 50.2 Å². The number of hydrogen-bond donors (Lipinski definition) is 1. The summed E-state index contributed by atoms with van der Waals surface area (Å²) in [5, 5.41) is 3.53. The van der Waals surface area contributed by atoms with Crippen molar-refractivity contribution in [1.29, 1.82) is 0 Å². The number of imidazole rings is 1.